The predicted molar refractivity (Wildman–Crippen MR) is 146 cm³/mol. The van der Waals surface area contributed by atoms with E-state index in [1.54, 1.807) is 39.1 Å². The second-order valence-corrected chi connectivity index (χ2v) is 11.1. The lowest BCUT2D eigenvalue weighted by Gasteiger charge is -2.25. The molecule has 3 heterocycles. The zero-order valence-corrected chi connectivity index (χ0v) is 23.6. The van der Waals surface area contributed by atoms with Crippen molar-refractivity contribution in [2.24, 2.45) is 0 Å². The minimum atomic E-state index is -4.34. The van der Waals surface area contributed by atoms with Gasteiger partial charge in [0.15, 0.2) is 23.2 Å². The molecule has 4 rings (SSSR count). The Morgan fingerprint density at radius 2 is 2.05 bits per heavy atom. The van der Waals surface area contributed by atoms with Gasteiger partial charge in [0.2, 0.25) is 11.6 Å². The molecule has 0 aliphatic carbocycles. The zero-order valence-electron chi connectivity index (χ0n) is 22.7. The van der Waals surface area contributed by atoms with E-state index in [0.29, 0.717) is 0 Å². The van der Waals surface area contributed by atoms with Crippen LogP contribution in [0.4, 0.5) is 16.2 Å². The number of aliphatic hydroxyl groups is 1. The van der Waals surface area contributed by atoms with E-state index >= 15 is 4.39 Å². The zero-order chi connectivity index (χ0) is 29.9. The van der Waals surface area contributed by atoms with E-state index in [4.69, 9.17) is 30.7 Å². The van der Waals surface area contributed by atoms with Crippen LogP contribution in [-0.4, -0.2) is 74.3 Å². The Balaban J connectivity index is 1.60. The number of carbonyl (C=O) groups excluding carboxylic acids is 1. The largest absolute Gasteiger partial charge is 0.462 e. The minimum Gasteiger partial charge on any atom is -0.462 e. The van der Waals surface area contributed by atoms with Crippen LogP contribution in [0.5, 0.6) is 5.75 Å². The molecule has 41 heavy (non-hydrogen) atoms. The smallest absolute Gasteiger partial charge is 0.459 e. The lowest BCUT2D eigenvalue weighted by Crippen LogP contribution is -2.42. The summed E-state index contributed by atoms with van der Waals surface area (Å²) >= 11 is 0. The number of nitrogen functional groups attached to an aromatic ring is 1. The van der Waals surface area contributed by atoms with Crippen LogP contribution in [0.25, 0.3) is 11.2 Å². The number of halogens is 1. The number of aromatic nitrogens is 4. The number of rotatable bonds is 11. The van der Waals surface area contributed by atoms with E-state index in [-0.39, 0.29) is 28.7 Å². The summed E-state index contributed by atoms with van der Waals surface area (Å²) in [6, 6.07) is 6.92. The highest BCUT2D eigenvalue weighted by molar-refractivity contribution is 7.52. The van der Waals surface area contributed by atoms with Crippen molar-refractivity contribution in [3.8, 4) is 18.1 Å². The van der Waals surface area contributed by atoms with E-state index in [0.717, 1.165) is 0 Å². The molecule has 1 saturated heterocycles. The van der Waals surface area contributed by atoms with Gasteiger partial charge in [-0.05, 0) is 32.9 Å². The maximum Gasteiger partial charge on any atom is 0.459 e. The molecule has 6 atom stereocenters. The van der Waals surface area contributed by atoms with Crippen LogP contribution in [0.15, 0.2) is 36.7 Å². The Morgan fingerprint density at radius 3 is 2.68 bits per heavy atom. The molecule has 0 spiro atoms. The van der Waals surface area contributed by atoms with Gasteiger partial charge in [-0.15, -0.1) is 6.42 Å². The molecule has 0 radical (unpaired) electrons. The average molecular weight is 592 g/mol. The highest BCUT2D eigenvalue weighted by Gasteiger charge is 2.58. The second-order valence-electron chi connectivity index (χ2n) is 9.42. The van der Waals surface area contributed by atoms with E-state index < -0.39 is 56.6 Å². The number of ether oxygens (including phenoxy) is 2. The highest BCUT2D eigenvalue weighted by Crippen LogP contribution is 2.48. The SMILES string of the molecule is C#C[C@@]1(F)[C@H](O)[C@@H](COP(=O)(NC(C)C(=O)OC(C)C)Oc2ccccc2)O[C@H]1n1cnc2c(NC)nc(N)nc21. The molecule has 16 heteroatoms. The van der Waals surface area contributed by atoms with Gasteiger partial charge in [-0.3, -0.25) is 13.9 Å². The summed E-state index contributed by atoms with van der Waals surface area (Å²) in [4.78, 5) is 24.7. The van der Waals surface area contributed by atoms with Gasteiger partial charge < -0.3 is 30.2 Å². The first-order valence-electron chi connectivity index (χ1n) is 12.6. The van der Waals surface area contributed by atoms with Gasteiger partial charge in [-0.1, -0.05) is 24.1 Å². The summed E-state index contributed by atoms with van der Waals surface area (Å²) in [5, 5.41) is 16.2. The first-order chi connectivity index (χ1) is 19.4. The number of hydrogen-bond acceptors (Lipinski definition) is 12. The number of para-hydroxylation sites is 1. The van der Waals surface area contributed by atoms with Crippen LogP contribution < -0.4 is 20.7 Å². The summed E-state index contributed by atoms with van der Waals surface area (Å²) in [6.07, 6.45) is 1.32. The minimum absolute atomic E-state index is 0.0927. The van der Waals surface area contributed by atoms with Crippen LogP contribution in [0.3, 0.4) is 0 Å². The summed E-state index contributed by atoms with van der Waals surface area (Å²) in [6.45, 7) is 4.08. The fourth-order valence-electron chi connectivity index (χ4n) is 4.10. The van der Waals surface area contributed by atoms with Crippen LogP contribution in [0.1, 0.15) is 27.0 Å². The van der Waals surface area contributed by atoms with E-state index in [1.165, 1.54) is 30.0 Å². The molecule has 14 nitrogen and oxygen atoms in total. The van der Waals surface area contributed by atoms with Gasteiger partial charge in [0.1, 0.15) is 24.0 Å². The first-order valence-corrected chi connectivity index (χ1v) is 14.1. The van der Waals surface area contributed by atoms with Crippen molar-refractivity contribution in [1.29, 1.82) is 0 Å². The number of benzene rings is 1. The summed E-state index contributed by atoms with van der Waals surface area (Å²) in [7, 11) is -2.75. The van der Waals surface area contributed by atoms with Crippen molar-refractivity contribution in [2.75, 3.05) is 24.7 Å². The first kappa shape index (κ1) is 30.2. The Labute approximate surface area is 235 Å². The molecular weight excluding hydrogens is 560 g/mol. The van der Waals surface area contributed by atoms with Crippen molar-refractivity contribution >= 4 is 36.6 Å². The molecule has 0 bridgehead atoms. The maximum atomic E-state index is 16.1. The quantitative estimate of drug-likeness (QED) is 0.145. The van der Waals surface area contributed by atoms with Crippen molar-refractivity contribution in [1.82, 2.24) is 24.6 Å². The van der Waals surface area contributed by atoms with Crippen molar-refractivity contribution in [2.45, 2.75) is 57.0 Å². The number of nitrogens with two attached hydrogens (primary N) is 1. The summed E-state index contributed by atoms with van der Waals surface area (Å²) in [5.74, 6) is 1.57. The number of nitrogens with zero attached hydrogens (tertiary/aromatic N) is 4. The maximum absolute atomic E-state index is 16.1. The number of fused-ring (bicyclic) bond motifs is 1. The number of hydrogen-bond donors (Lipinski definition) is 4. The molecule has 5 N–H and O–H groups in total. The molecule has 3 aromatic rings. The number of anilines is 2. The molecule has 1 aliphatic rings. The molecular formula is C25H31FN7O7P. The molecule has 1 aliphatic heterocycles. The van der Waals surface area contributed by atoms with Gasteiger partial charge in [-0.25, -0.2) is 13.9 Å². The monoisotopic (exact) mass is 591 g/mol. The van der Waals surface area contributed by atoms with Crippen molar-refractivity contribution < 1.29 is 37.4 Å². The number of carbonyl (C=O) groups is 1. The molecule has 2 aromatic heterocycles. The van der Waals surface area contributed by atoms with E-state index in [1.807, 2.05) is 5.92 Å². The van der Waals surface area contributed by atoms with Crippen LogP contribution in [-0.2, 0) is 23.4 Å². The van der Waals surface area contributed by atoms with E-state index in [2.05, 4.69) is 25.4 Å². The normalized spacial score (nSPS) is 24.5. The molecule has 220 valence electrons. The number of terminal acetylenes is 1. The van der Waals surface area contributed by atoms with Gasteiger partial charge >= 0.3 is 13.7 Å². The summed E-state index contributed by atoms with van der Waals surface area (Å²) in [5.41, 5.74) is 3.36. The number of alkyl halides is 1. The average Bonchev–Trinajstić information content (AvgIpc) is 3.45. The Kier molecular flexibility index (Phi) is 8.81. The lowest BCUT2D eigenvalue weighted by molar-refractivity contribution is -0.149. The van der Waals surface area contributed by atoms with Crippen LogP contribution in [0.2, 0.25) is 0 Å². The van der Waals surface area contributed by atoms with Gasteiger partial charge in [-0.2, -0.15) is 15.1 Å². The second kappa shape index (κ2) is 12.0. The van der Waals surface area contributed by atoms with Gasteiger partial charge in [0, 0.05) is 7.05 Å². The Hall–Kier alpha value is -3.80. The third kappa shape index (κ3) is 6.27. The molecule has 1 fully saturated rings. The summed E-state index contributed by atoms with van der Waals surface area (Å²) < 4.78 is 53.2. The Bertz CT molecular complexity index is 1480. The fraction of sp³-hybridized carbons (Fsp3) is 0.440. The number of aliphatic hydroxyl groups excluding tert-OH is 1. The third-order valence-corrected chi connectivity index (χ3v) is 7.67. The van der Waals surface area contributed by atoms with E-state index in [9.17, 15) is 14.5 Å². The standard InChI is InChI=1S/C25H31FN7O7P/c1-6-25(26)19(34)17(39-23(25)33-13-29-18-20(28-5)30-24(27)31-21(18)33)12-37-41(36,40-16-10-8-7-9-11-16)32-15(4)22(35)38-14(2)3/h1,7-11,13-15,17,19,23,34H,12H2,2-5H3,(H,32,36)(H3,27,28,30,31)/t15?,17-,19-,23-,25-,41?/m1/s1. The number of nitrogens with one attached hydrogen (secondary N) is 2. The molecule has 0 saturated carbocycles. The molecule has 1 aromatic carbocycles. The highest BCUT2D eigenvalue weighted by atomic mass is 31.2. The van der Waals surface area contributed by atoms with Crippen LogP contribution >= 0.6 is 7.75 Å². The van der Waals surface area contributed by atoms with Gasteiger partial charge in [0.25, 0.3) is 0 Å². The number of imidazole rings is 1. The predicted octanol–water partition coefficient (Wildman–Crippen LogP) is 2.18. The van der Waals surface area contributed by atoms with Crippen molar-refractivity contribution in [3.05, 3.63) is 36.7 Å². The third-order valence-electron chi connectivity index (χ3n) is 6.03. The number of esters is 1. The fourth-order valence-corrected chi connectivity index (χ4v) is 5.60. The lowest BCUT2D eigenvalue weighted by atomic mass is 9.97. The topological polar surface area (TPSA) is 185 Å². The molecule has 2 unspecified atom stereocenters. The molecule has 0 amide bonds. The van der Waals surface area contributed by atoms with Gasteiger partial charge in [0.05, 0.1) is 19.0 Å². The Morgan fingerprint density at radius 1 is 1.34 bits per heavy atom. The van der Waals surface area contributed by atoms with Crippen molar-refractivity contribution in [3.63, 3.8) is 0 Å². The van der Waals surface area contributed by atoms with Crippen LogP contribution in [0, 0.1) is 12.3 Å².